The van der Waals surface area contributed by atoms with Gasteiger partial charge in [0.25, 0.3) is 0 Å². The average molecular weight is 515 g/mol. The van der Waals surface area contributed by atoms with Crippen LogP contribution in [-0.4, -0.2) is 112 Å². The van der Waals surface area contributed by atoms with E-state index in [-0.39, 0.29) is 14.9 Å². The molecule has 0 saturated carbocycles. The molecular weight excluding hydrogens is 444 g/mol. The molecule has 5 nitrogen and oxygen atoms in total. The fraction of sp³-hybridized carbons (Fsp3) is 1.00. The van der Waals surface area contributed by atoms with Gasteiger partial charge in [0.1, 0.15) is 0 Å². The highest BCUT2D eigenvalue weighted by Gasteiger charge is 2.20. The van der Waals surface area contributed by atoms with Crippen LogP contribution in [0.1, 0.15) is 96.4 Å². The molecule has 36 heavy (non-hydrogen) atoms. The summed E-state index contributed by atoms with van der Waals surface area (Å²) >= 11 is 0. The van der Waals surface area contributed by atoms with Crippen molar-refractivity contribution in [1.29, 1.82) is 0 Å². The summed E-state index contributed by atoms with van der Waals surface area (Å²) in [6.45, 7) is 36.1. The van der Waals surface area contributed by atoms with Crippen molar-refractivity contribution in [2.45, 2.75) is 96.4 Å². The number of hydrogen-bond donors (Lipinski definition) is 0. The minimum Gasteiger partial charge on any atom is -0.379 e. The molecule has 220 valence electrons. The topological polar surface area (TPSA) is 22.2 Å². The normalized spacial score (nSPS) is 21.2. The van der Waals surface area contributed by atoms with Gasteiger partial charge in [-0.15, -0.1) is 0 Å². The molecule has 5 heteroatoms. The average Bonchev–Trinajstić information content (AvgIpc) is 2.69. The molecule has 0 amide bonds. The van der Waals surface area contributed by atoms with Crippen molar-refractivity contribution in [3.8, 4) is 0 Å². The summed E-state index contributed by atoms with van der Waals surface area (Å²) in [5.74, 6) is 0. The highest BCUT2D eigenvalue weighted by atomic mass is 16.5. The number of hydrogen-bond acceptors (Lipinski definition) is 5. The first-order chi connectivity index (χ1) is 15.6. The Kier molecular flexibility index (Phi) is 19.1. The Morgan fingerprint density at radius 2 is 0.806 bits per heavy atom. The van der Waals surface area contributed by atoms with E-state index in [1.54, 1.807) is 0 Å². The Labute approximate surface area is 229 Å². The Balaban J connectivity index is 0. The molecule has 0 aromatic carbocycles. The third-order valence-corrected chi connectivity index (χ3v) is 6.24. The molecule has 0 N–H and O–H groups in total. The van der Waals surface area contributed by atoms with Gasteiger partial charge in [-0.2, -0.15) is 0 Å². The molecule has 3 aliphatic rings. The smallest absolute Gasteiger partial charge is 0.0594 e. The Morgan fingerprint density at radius 1 is 0.472 bits per heavy atom. The number of ether oxygens (including phenoxy) is 1. The number of nitrogens with zero attached hydrogens (tertiary/aromatic N) is 4. The molecule has 0 bridgehead atoms. The molecule has 3 heterocycles. The fourth-order valence-corrected chi connectivity index (χ4v) is 4.90. The number of likely N-dealkylation sites (N-methyl/N-ethyl adjacent to an activating group) is 1. The third-order valence-electron chi connectivity index (χ3n) is 6.24. The van der Waals surface area contributed by atoms with E-state index in [1.165, 1.54) is 78.2 Å². The quantitative estimate of drug-likeness (QED) is 0.431. The summed E-state index contributed by atoms with van der Waals surface area (Å²) in [5.41, 5.74) is 1.37. The van der Waals surface area contributed by atoms with E-state index in [9.17, 15) is 0 Å². The maximum atomic E-state index is 5.27. The van der Waals surface area contributed by atoms with Crippen molar-refractivity contribution < 1.29 is 4.74 Å². The largest absolute Gasteiger partial charge is 0.379 e. The van der Waals surface area contributed by atoms with E-state index in [0.29, 0.717) is 16.2 Å². The van der Waals surface area contributed by atoms with Crippen LogP contribution in [0.5, 0.6) is 0 Å². The number of likely N-dealkylation sites (tertiary alicyclic amines) is 1. The van der Waals surface area contributed by atoms with Gasteiger partial charge in [-0.05, 0) is 49.2 Å². The van der Waals surface area contributed by atoms with Crippen molar-refractivity contribution in [3.05, 3.63) is 0 Å². The van der Waals surface area contributed by atoms with Gasteiger partial charge >= 0.3 is 0 Å². The number of rotatable bonds is 3. The van der Waals surface area contributed by atoms with E-state index in [4.69, 9.17) is 4.74 Å². The lowest BCUT2D eigenvalue weighted by molar-refractivity contribution is 0.0236. The first kappa shape index (κ1) is 37.9. The van der Waals surface area contributed by atoms with Crippen molar-refractivity contribution in [2.24, 2.45) is 16.2 Å². The molecule has 3 fully saturated rings. The lowest BCUT2D eigenvalue weighted by Gasteiger charge is -2.36. The van der Waals surface area contributed by atoms with Gasteiger partial charge in [0.2, 0.25) is 0 Å². The SMILES string of the molecule is C.C.CC(C)(C)CN1CCCCC1.CC(C)(C)CN1CCOCC1.CN1CCN(CC(C)(C)C)CC1. The van der Waals surface area contributed by atoms with Crippen LogP contribution in [-0.2, 0) is 4.74 Å². The van der Waals surface area contributed by atoms with Gasteiger partial charge in [0.05, 0.1) is 13.2 Å². The minimum absolute atomic E-state index is 0. The zero-order valence-corrected chi connectivity index (χ0v) is 25.0. The molecule has 0 atom stereocenters. The summed E-state index contributed by atoms with van der Waals surface area (Å²) < 4.78 is 5.27. The van der Waals surface area contributed by atoms with Gasteiger partial charge < -0.3 is 19.4 Å². The monoisotopic (exact) mass is 515 g/mol. The van der Waals surface area contributed by atoms with Crippen LogP contribution in [0.2, 0.25) is 0 Å². The van der Waals surface area contributed by atoms with Gasteiger partial charge in [0, 0.05) is 58.9 Å². The Hall–Kier alpha value is -0.200. The molecule has 0 radical (unpaired) electrons. The zero-order chi connectivity index (χ0) is 25.8. The standard InChI is InChI=1S/C10H22N2.C10H21N.C9H19NO.2CH4/c1-10(2,3)9-12-7-5-11(4)6-8-12;1-10(2,3)9-11-7-5-4-6-8-11;1-9(2,3)8-10-4-6-11-7-5-10;;/h5-9H2,1-4H3;4-9H2,1-3H3;4-8H2,1-3H3;2*1H4. The van der Waals surface area contributed by atoms with E-state index in [0.717, 1.165) is 26.3 Å². The maximum Gasteiger partial charge on any atom is 0.0594 e. The molecule has 0 spiro atoms. The van der Waals surface area contributed by atoms with Crippen molar-refractivity contribution in [2.75, 3.05) is 92.3 Å². The minimum atomic E-state index is 0. The first-order valence-corrected chi connectivity index (χ1v) is 14.1. The van der Waals surface area contributed by atoms with Gasteiger partial charge in [-0.25, -0.2) is 0 Å². The Bertz CT molecular complexity index is 468. The van der Waals surface area contributed by atoms with Crippen LogP contribution in [0.25, 0.3) is 0 Å². The molecule has 0 aromatic heterocycles. The molecule has 3 rings (SSSR count). The van der Waals surface area contributed by atoms with E-state index in [1.807, 2.05) is 0 Å². The fourth-order valence-electron chi connectivity index (χ4n) is 4.90. The summed E-state index contributed by atoms with van der Waals surface area (Å²) in [6, 6.07) is 0. The number of piperidine rings is 1. The van der Waals surface area contributed by atoms with E-state index in [2.05, 4.69) is 89.0 Å². The molecule has 3 saturated heterocycles. The van der Waals surface area contributed by atoms with E-state index < -0.39 is 0 Å². The third kappa shape index (κ3) is 21.8. The molecule has 0 unspecified atom stereocenters. The van der Waals surface area contributed by atoms with Crippen LogP contribution in [0.4, 0.5) is 0 Å². The second kappa shape index (κ2) is 18.2. The van der Waals surface area contributed by atoms with Crippen LogP contribution >= 0.6 is 0 Å². The zero-order valence-electron chi connectivity index (χ0n) is 25.0. The van der Waals surface area contributed by atoms with Gasteiger partial charge in [0.15, 0.2) is 0 Å². The number of piperazine rings is 1. The lowest BCUT2D eigenvalue weighted by Crippen LogP contribution is -2.47. The molecular formula is C31H70N4O. The van der Waals surface area contributed by atoms with Crippen LogP contribution in [0.15, 0.2) is 0 Å². The summed E-state index contributed by atoms with van der Waals surface area (Å²) in [7, 11) is 2.20. The summed E-state index contributed by atoms with van der Waals surface area (Å²) in [5, 5.41) is 0. The predicted molar refractivity (Wildman–Crippen MR) is 163 cm³/mol. The lowest BCUT2D eigenvalue weighted by atomic mass is 9.95. The Morgan fingerprint density at radius 3 is 1.17 bits per heavy atom. The van der Waals surface area contributed by atoms with E-state index >= 15 is 0 Å². The van der Waals surface area contributed by atoms with Crippen molar-refractivity contribution >= 4 is 0 Å². The van der Waals surface area contributed by atoms with Crippen LogP contribution < -0.4 is 0 Å². The summed E-state index contributed by atoms with van der Waals surface area (Å²) in [6.07, 6.45) is 4.27. The highest BCUT2D eigenvalue weighted by molar-refractivity contribution is 4.75. The molecule has 0 aromatic rings. The van der Waals surface area contributed by atoms with Gasteiger partial charge in [-0.1, -0.05) is 83.6 Å². The summed E-state index contributed by atoms with van der Waals surface area (Å²) in [4.78, 5) is 10.0. The number of morpholine rings is 1. The van der Waals surface area contributed by atoms with Gasteiger partial charge in [-0.3, -0.25) is 4.90 Å². The second-order valence-electron chi connectivity index (χ2n) is 14.5. The van der Waals surface area contributed by atoms with Crippen LogP contribution in [0.3, 0.4) is 0 Å². The molecule has 0 aliphatic carbocycles. The predicted octanol–water partition coefficient (Wildman–Crippen LogP) is 6.44. The molecule has 3 aliphatic heterocycles. The van der Waals surface area contributed by atoms with Crippen LogP contribution in [0, 0.1) is 16.2 Å². The highest BCUT2D eigenvalue weighted by Crippen LogP contribution is 2.19. The van der Waals surface area contributed by atoms with Crippen molar-refractivity contribution in [1.82, 2.24) is 19.6 Å². The van der Waals surface area contributed by atoms with Crippen molar-refractivity contribution in [3.63, 3.8) is 0 Å². The first-order valence-electron chi connectivity index (χ1n) is 14.1. The second-order valence-corrected chi connectivity index (χ2v) is 14.5. The maximum absolute atomic E-state index is 5.27.